The molecule has 0 fully saturated rings. The second kappa shape index (κ2) is 3.72. The smallest absolute Gasteiger partial charge is 0.184 e. The predicted octanol–water partition coefficient (Wildman–Crippen LogP) is 0.294. The van der Waals surface area contributed by atoms with Gasteiger partial charge in [-0.25, -0.2) is 15.8 Å². The van der Waals surface area contributed by atoms with E-state index in [1.807, 2.05) is 0 Å². The SMILES string of the molecule is NNc1nc(-c2cn[nH]n2)nc2c1CSC2. The molecule has 0 unspecified atom stereocenters. The molecule has 0 aromatic carbocycles. The summed E-state index contributed by atoms with van der Waals surface area (Å²) in [4.78, 5) is 8.78. The minimum atomic E-state index is 0.544. The van der Waals surface area contributed by atoms with Crippen molar-refractivity contribution in [2.75, 3.05) is 5.43 Å². The van der Waals surface area contributed by atoms with E-state index in [1.165, 1.54) is 0 Å². The van der Waals surface area contributed by atoms with Crippen molar-refractivity contribution >= 4 is 17.6 Å². The van der Waals surface area contributed by atoms with Crippen LogP contribution in [0.1, 0.15) is 11.3 Å². The Labute approximate surface area is 95.2 Å². The summed E-state index contributed by atoms with van der Waals surface area (Å²) in [5.74, 6) is 8.45. The molecule has 7 nitrogen and oxygen atoms in total. The van der Waals surface area contributed by atoms with Gasteiger partial charge in [0.05, 0.1) is 11.9 Å². The van der Waals surface area contributed by atoms with E-state index in [0.29, 0.717) is 17.3 Å². The Kier molecular flexibility index (Phi) is 2.22. The number of hydrogen-bond donors (Lipinski definition) is 3. The molecule has 4 N–H and O–H groups in total. The van der Waals surface area contributed by atoms with Crippen molar-refractivity contribution in [2.24, 2.45) is 5.84 Å². The summed E-state index contributed by atoms with van der Waals surface area (Å²) in [5.41, 5.74) is 5.33. The van der Waals surface area contributed by atoms with E-state index in [1.54, 1.807) is 18.0 Å². The Hall–Kier alpha value is -1.67. The van der Waals surface area contributed by atoms with Crippen LogP contribution in [-0.4, -0.2) is 25.4 Å². The largest absolute Gasteiger partial charge is 0.308 e. The summed E-state index contributed by atoms with van der Waals surface area (Å²) in [5, 5.41) is 10.2. The molecule has 0 radical (unpaired) electrons. The molecule has 16 heavy (non-hydrogen) atoms. The summed E-state index contributed by atoms with van der Waals surface area (Å²) < 4.78 is 0. The van der Waals surface area contributed by atoms with Gasteiger partial charge < -0.3 is 5.43 Å². The van der Waals surface area contributed by atoms with Gasteiger partial charge in [0.15, 0.2) is 5.82 Å². The predicted molar refractivity (Wildman–Crippen MR) is 60.2 cm³/mol. The maximum Gasteiger partial charge on any atom is 0.184 e. The second-order valence-corrected chi connectivity index (χ2v) is 4.30. The monoisotopic (exact) mass is 235 g/mol. The molecule has 0 bridgehead atoms. The first kappa shape index (κ1) is 9.55. The quantitative estimate of drug-likeness (QED) is 0.507. The van der Waals surface area contributed by atoms with Crippen LogP contribution in [0.2, 0.25) is 0 Å². The van der Waals surface area contributed by atoms with Gasteiger partial charge in [-0.3, -0.25) is 0 Å². The Bertz CT molecular complexity index is 509. The Morgan fingerprint density at radius 1 is 1.38 bits per heavy atom. The summed E-state index contributed by atoms with van der Waals surface area (Å²) in [6, 6.07) is 0. The summed E-state index contributed by atoms with van der Waals surface area (Å²) >= 11 is 1.80. The molecule has 8 heteroatoms. The van der Waals surface area contributed by atoms with Gasteiger partial charge in [0.1, 0.15) is 11.5 Å². The maximum absolute atomic E-state index is 5.45. The lowest BCUT2D eigenvalue weighted by molar-refractivity contribution is 0.936. The zero-order valence-corrected chi connectivity index (χ0v) is 9.08. The van der Waals surface area contributed by atoms with Crippen LogP contribution in [0.4, 0.5) is 5.82 Å². The molecular weight excluding hydrogens is 226 g/mol. The van der Waals surface area contributed by atoms with E-state index < -0.39 is 0 Å². The van der Waals surface area contributed by atoms with Gasteiger partial charge in [-0.15, -0.1) is 0 Å². The van der Waals surface area contributed by atoms with Gasteiger partial charge in [0.25, 0.3) is 0 Å². The first-order valence-corrected chi connectivity index (χ1v) is 5.84. The number of H-pyrrole nitrogens is 1. The number of anilines is 1. The first-order valence-electron chi connectivity index (χ1n) is 4.69. The minimum absolute atomic E-state index is 0.544. The number of aromatic amines is 1. The van der Waals surface area contributed by atoms with Crippen LogP contribution >= 0.6 is 11.8 Å². The topological polar surface area (TPSA) is 105 Å². The van der Waals surface area contributed by atoms with Gasteiger partial charge in [-0.1, -0.05) is 0 Å². The van der Waals surface area contributed by atoms with E-state index in [9.17, 15) is 0 Å². The van der Waals surface area contributed by atoms with Crippen LogP contribution in [0.15, 0.2) is 6.20 Å². The maximum atomic E-state index is 5.45. The average Bonchev–Trinajstić information content (AvgIpc) is 2.97. The van der Waals surface area contributed by atoms with Gasteiger partial charge in [0, 0.05) is 17.1 Å². The van der Waals surface area contributed by atoms with Crippen molar-refractivity contribution in [1.29, 1.82) is 0 Å². The molecule has 1 aliphatic heterocycles. The summed E-state index contributed by atoms with van der Waals surface area (Å²) in [6.07, 6.45) is 1.59. The van der Waals surface area contributed by atoms with Crippen molar-refractivity contribution < 1.29 is 0 Å². The first-order chi connectivity index (χ1) is 7.88. The van der Waals surface area contributed by atoms with Crippen molar-refractivity contribution in [2.45, 2.75) is 11.5 Å². The molecule has 0 atom stereocenters. The van der Waals surface area contributed by atoms with Crippen molar-refractivity contribution in [1.82, 2.24) is 25.4 Å². The fraction of sp³-hybridized carbons (Fsp3) is 0.250. The van der Waals surface area contributed by atoms with Gasteiger partial charge in [0.2, 0.25) is 0 Å². The summed E-state index contributed by atoms with van der Waals surface area (Å²) in [7, 11) is 0. The van der Waals surface area contributed by atoms with Crippen LogP contribution < -0.4 is 11.3 Å². The highest BCUT2D eigenvalue weighted by Gasteiger charge is 2.20. The molecule has 82 valence electrons. The summed E-state index contributed by atoms with van der Waals surface area (Å²) in [6.45, 7) is 0. The number of hydrogen-bond acceptors (Lipinski definition) is 7. The number of aromatic nitrogens is 5. The number of fused-ring (bicyclic) bond motifs is 1. The number of hydrazine groups is 1. The minimum Gasteiger partial charge on any atom is -0.308 e. The van der Waals surface area contributed by atoms with E-state index in [2.05, 4.69) is 30.8 Å². The van der Waals surface area contributed by atoms with Crippen molar-refractivity contribution in [3.63, 3.8) is 0 Å². The molecule has 0 saturated heterocycles. The van der Waals surface area contributed by atoms with Gasteiger partial charge in [-0.05, 0) is 0 Å². The number of nitrogens with one attached hydrogen (secondary N) is 2. The van der Waals surface area contributed by atoms with Crippen molar-refractivity contribution in [3.05, 3.63) is 17.5 Å². The van der Waals surface area contributed by atoms with Crippen LogP contribution in [-0.2, 0) is 11.5 Å². The number of nitrogens with zero attached hydrogens (tertiary/aromatic N) is 4. The van der Waals surface area contributed by atoms with Crippen LogP contribution in [0.3, 0.4) is 0 Å². The fourth-order valence-corrected chi connectivity index (χ4v) is 2.64. The Balaban J connectivity index is 2.15. The zero-order chi connectivity index (χ0) is 11.0. The standard InChI is InChI=1S/C8H9N7S/c9-13-7-4-2-16-3-6(4)11-8(12-7)5-1-10-15-14-5/h1H,2-3,9H2,(H,10,14,15)(H,11,12,13). The number of thioether (sulfide) groups is 1. The van der Waals surface area contributed by atoms with Gasteiger partial charge >= 0.3 is 0 Å². The fourth-order valence-electron chi connectivity index (χ4n) is 1.59. The highest BCUT2D eigenvalue weighted by Crippen LogP contribution is 2.33. The highest BCUT2D eigenvalue weighted by atomic mass is 32.2. The zero-order valence-electron chi connectivity index (χ0n) is 8.27. The highest BCUT2D eigenvalue weighted by molar-refractivity contribution is 7.98. The molecular formula is C8H9N7S. The molecule has 1 aliphatic rings. The Morgan fingerprint density at radius 3 is 3.06 bits per heavy atom. The average molecular weight is 235 g/mol. The lowest BCUT2D eigenvalue weighted by Crippen LogP contribution is -2.12. The van der Waals surface area contributed by atoms with Crippen LogP contribution in [0, 0.1) is 0 Å². The molecule has 3 rings (SSSR count). The molecule has 2 aromatic rings. The third kappa shape index (κ3) is 1.42. The third-order valence-corrected chi connectivity index (χ3v) is 3.33. The van der Waals surface area contributed by atoms with E-state index in [-0.39, 0.29) is 0 Å². The van der Waals surface area contributed by atoms with Gasteiger partial charge in [-0.2, -0.15) is 27.2 Å². The lowest BCUT2D eigenvalue weighted by atomic mass is 10.2. The van der Waals surface area contributed by atoms with E-state index >= 15 is 0 Å². The molecule has 0 aliphatic carbocycles. The Morgan fingerprint density at radius 2 is 2.31 bits per heavy atom. The molecule has 0 spiro atoms. The number of nitrogens with two attached hydrogens (primary N) is 1. The molecule has 0 saturated carbocycles. The molecule has 3 heterocycles. The third-order valence-electron chi connectivity index (χ3n) is 2.36. The lowest BCUT2D eigenvalue weighted by Gasteiger charge is -2.06. The molecule has 0 amide bonds. The number of nitrogen functional groups attached to an aromatic ring is 1. The number of rotatable bonds is 2. The van der Waals surface area contributed by atoms with Crippen molar-refractivity contribution in [3.8, 4) is 11.5 Å². The van der Waals surface area contributed by atoms with Crippen LogP contribution in [0.5, 0.6) is 0 Å². The normalized spacial score (nSPS) is 13.8. The second-order valence-electron chi connectivity index (χ2n) is 3.31. The van der Waals surface area contributed by atoms with E-state index in [4.69, 9.17) is 5.84 Å². The van der Waals surface area contributed by atoms with E-state index in [0.717, 1.165) is 22.8 Å². The molecule has 2 aromatic heterocycles. The van der Waals surface area contributed by atoms with Crippen LogP contribution in [0.25, 0.3) is 11.5 Å².